The molecule has 74 valence electrons. The van der Waals surface area contributed by atoms with Crippen molar-refractivity contribution in [2.24, 2.45) is 0 Å². The lowest BCUT2D eigenvalue weighted by atomic mass is 10.3. The maximum Gasteiger partial charge on any atom is 0.118 e. The van der Waals surface area contributed by atoms with Crippen molar-refractivity contribution in [3.8, 4) is 0 Å². The van der Waals surface area contributed by atoms with Crippen molar-refractivity contribution in [2.75, 3.05) is 13.6 Å². The Morgan fingerprint density at radius 2 is 2.23 bits per heavy atom. The minimum absolute atomic E-state index is 0.291. The van der Waals surface area contributed by atoms with Crippen molar-refractivity contribution in [1.29, 1.82) is 0 Å². The molecule has 0 saturated carbocycles. The van der Waals surface area contributed by atoms with E-state index in [1.165, 1.54) is 0 Å². The Labute approximate surface area is 79.0 Å². The Bertz CT molecular complexity index is 255. The van der Waals surface area contributed by atoms with Crippen LogP contribution in [0.5, 0.6) is 0 Å². The molecule has 0 saturated heterocycles. The van der Waals surface area contributed by atoms with Crippen LogP contribution >= 0.6 is 0 Å². The summed E-state index contributed by atoms with van der Waals surface area (Å²) in [5.74, 6) is 1.88. The first kappa shape index (κ1) is 10.3. The number of hydrogen-bond donors (Lipinski definition) is 1. The highest BCUT2D eigenvalue weighted by atomic mass is 16.3. The molecule has 0 amide bonds. The highest BCUT2D eigenvalue weighted by Crippen LogP contribution is 2.08. The molecule has 1 heterocycles. The average Bonchev–Trinajstić information content (AvgIpc) is 2.33. The van der Waals surface area contributed by atoms with Crippen LogP contribution in [0.4, 0.5) is 0 Å². The molecule has 0 spiro atoms. The smallest absolute Gasteiger partial charge is 0.118 e. The van der Waals surface area contributed by atoms with Gasteiger partial charge in [0.1, 0.15) is 11.5 Å². The molecule has 1 aromatic heterocycles. The van der Waals surface area contributed by atoms with Crippen LogP contribution in [0.2, 0.25) is 0 Å². The number of nitrogens with zero attached hydrogens (tertiary/aromatic N) is 1. The van der Waals surface area contributed by atoms with E-state index in [2.05, 4.69) is 0 Å². The van der Waals surface area contributed by atoms with Gasteiger partial charge >= 0.3 is 0 Å². The third-order valence-corrected chi connectivity index (χ3v) is 1.80. The van der Waals surface area contributed by atoms with Crippen molar-refractivity contribution >= 4 is 0 Å². The number of furan rings is 1. The second kappa shape index (κ2) is 4.44. The molecule has 0 aliphatic rings. The van der Waals surface area contributed by atoms with Gasteiger partial charge in [0, 0.05) is 6.54 Å². The van der Waals surface area contributed by atoms with Crippen molar-refractivity contribution in [3.63, 3.8) is 0 Å². The SMILES string of the molecule is Cc1ccc(CN(C)C[C@H](C)O)o1. The molecule has 13 heavy (non-hydrogen) atoms. The number of aryl methyl sites for hydroxylation is 1. The molecule has 1 aromatic rings. The zero-order valence-corrected chi connectivity index (χ0v) is 8.45. The summed E-state index contributed by atoms with van der Waals surface area (Å²) >= 11 is 0. The maximum atomic E-state index is 9.13. The van der Waals surface area contributed by atoms with E-state index in [-0.39, 0.29) is 6.10 Å². The van der Waals surface area contributed by atoms with Crippen molar-refractivity contribution in [2.45, 2.75) is 26.5 Å². The van der Waals surface area contributed by atoms with Crippen LogP contribution in [0.1, 0.15) is 18.4 Å². The molecule has 0 bridgehead atoms. The number of aliphatic hydroxyl groups is 1. The summed E-state index contributed by atoms with van der Waals surface area (Å²) < 4.78 is 5.41. The van der Waals surface area contributed by atoms with Gasteiger partial charge in [-0.1, -0.05) is 0 Å². The predicted molar refractivity (Wildman–Crippen MR) is 51.5 cm³/mol. The zero-order chi connectivity index (χ0) is 9.84. The standard InChI is InChI=1S/C10H17NO2/c1-8(12)6-11(3)7-10-5-4-9(2)13-10/h4-5,8,12H,6-7H2,1-3H3/t8-/m0/s1. The van der Waals surface area contributed by atoms with E-state index in [0.717, 1.165) is 18.1 Å². The van der Waals surface area contributed by atoms with E-state index < -0.39 is 0 Å². The van der Waals surface area contributed by atoms with Crippen LogP contribution in [-0.4, -0.2) is 29.7 Å². The maximum absolute atomic E-state index is 9.13. The summed E-state index contributed by atoms with van der Waals surface area (Å²) in [6, 6.07) is 3.92. The molecule has 1 atom stereocenters. The van der Waals surface area contributed by atoms with Crippen LogP contribution in [0.25, 0.3) is 0 Å². The Morgan fingerprint density at radius 3 is 2.69 bits per heavy atom. The minimum Gasteiger partial charge on any atom is -0.465 e. The van der Waals surface area contributed by atoms with E-state index in [9.17, 15) is 0 Å². The van der Waals surface area contributed by atoms with Crippen LogP contribution < -0.4 is 0 Å². The highest BCUT2D eigenvalue weighted by molar-refractivity contribution is 5.05. The van der Waals surface area contributed by atoms with E-state index in [4.69, 9.17) is 9.52 Å². The van der Waals surface area contributed by atoms with Gasteiger partial charge in [-0.05, 0) is 33.0 Å². The lowest BCUT2D eigenvalue weighted by Crippen LogP contribution is -2.26. The lowest BCUT2D eigenvalue weighted by Gasteiger charge is -2.16. The Morgan fingerprint density at radius 1 is 1.54 bits per heavy atom. The third kappa shape index (κ3) is 3.61. The van der Waals surface area contributed by atoms with Crippen LogP contribution in [0.15, 0.2) is 16.5 Å². The van der Waals surface area contributed by atoms with Gasteiger partial charge in [0.05, 0.1) is 12.6 Å². The molecule has 0 aliphatic heterocycles. The van der Waals surface area contributed by atoms with Crippen LogP contribution in [-0.2, 0) is 6.54 Å². The topological polar surface area (TPSA) is 36.6 Å². The van der Waals surface area contributed by atoms with Gasteiger partial charge in [0.25, 0.3) is 0 Å². The summed E-state index contributed by atoms with van der Waals surface area (Å²) in [7, 11) is 1.96. The molecule has 3 heteroatoms. The fourth-order valence-electron chi connectivity index (χ4n) is 1.35. The first-order chi connectivity index (χ1) is 6.08. The quantitative estimate of drug-likeness (QED) is 0.766. The Kier molecular flexibility index (Phi) is 3.51. The number of hydrogen-bond acceptors (Lipinski definition) is 3. The molecule has 1 N–H and O–H groups in total. The number of likely N-dealkylation sites (N-methyl/N-ethyl adjacent to an activating group) is 1. The molecule has 0 unspecified atom stereocenters. The fourth-order valence-corrected chi connectivity index (χ4v) is 1.35. The van der Waals surface area contributed by atoms with Crippen LogP contribution in [0.3, 0.4) is 0 Å². The van der Waals surface area contributed by atoms with E-state index >= 15 is 0 Å². The fraction of sp³-hybridized carbons (Fsp3) is 0.600. The third-order valence-electron chi connectivity index (χ3n) is 1.80. The minimum atomic E-state index is -0.291. The van der Waals surface area contributed by atoms with Crippen molar-refractivity contribution < 1.29 is 9.52 Å². The van der Waals surface area contributed by atoms with Gasteiger partial charge in [-0.2, -0.15) is 0 Å². The van der Waals surface area contributed by atoms with Gasteiger partial charge in [-0.15, -0.1) is 0 Å². The van der Waals surface area contributed by atoms with Gasteiger partial charge in [0.15, 0.2) is 0 Å². The first-order valence-electron chi connectivity index (χ1n) is 4.50. The molecule has 1 rings (SSSR count). The summed E-state index contributed by atoms with van der Waals surface area (Å²) in [6.07, 6.45) is -0.291. The van der Waals surface area contributed by atoms with E-state index in [0.29, 0.717) is 6.54 Å². The molecule has 0 aromatic carbocycles. The Hall–Kier alpha value is -0.800. The van der Waals surface area contributed by atoms with E-state index in [1.54, 1.807) is 6.92 Å². The molecule has 0 aliphatic carbocycles. The average molecular weight is 183 g/mol. The van der Waals surface area contributed by atoms with Gasteiger partial charge in [-0.3, -0.25) is 4.90 Å². The summed E-state index contributed by atoms with van der Waals surface area (Å²) in [5, 5.41) is 9.13. The van der Waals surface area contributed by atoms with Gasteiger partial charge in [-0.25, -0.2) is 0 Å². The number of rotatable bonds is 4. The van der Waals surface area contributed by atoms with Crippen LogP contribution in [0, 0.1) is 6.92 Å². The zero-order valence-electron chi connectivity index (χ0n) is 8.45. The molecule has 0 radical (unpaired) electrons. The number of aliphatic hydroxyl groups excluding tert-OH is 1. The lowest BCUT2D eigenvalue weighted by molar-refractivity contribution is 0.134. The second-order valence-electron chi connectivity index (χ2n) is 3.56. The normalized spacial score (nSPS) is 13.6. The van der Waals surface area contributed by atoms with Crippen molar-refractivity contribution in [1.82, 2.24) is 4.90 Å². The molecular formula is C10H17NO2. The summed E-state index contributed by atoms with van der Waals surface area (Å²) in [4.78, 5) is 2.03. The predicted octanol–water partition coefficient (Wildman–Crippen LogP) is 1.40. The van der Waals surface area contributed by atoms with Crippen molar-refractivity contribution in [3.05, 3.63) is 23.7 Å². The molecule has 3 nitrogen and oxygen atoms in total. The first-order valence-corrected chi connectivity index (χ1v) is 4.50. The highest BCUT2D eigenvalue weighted by Gasteiger charge is 2.05. The summed E-state index contributed by atoms with van der Waals surface area (Å²) in [5.41, 5.74) is 0. The van der Waals surface area contributed by atoms with E-state index in [1.807, 2.05) is 31.0 Å². The second-order valence-corrected chi connectivity index (χ2v) is 3.56. The Balaban J connectivity index is 2.40. The van der Waals surface area contributed by atoms with Gasteiger partial charge in [0.2, 0.25) is 0 Å². The largest absolute Gasteiger partial charge is 0.465 e. The molecule has 0 fully saturated rings. The van der Waals surface area contributed by atoms with Gasteiger partial charge < -0.3 is 9.52 Å². The molecular weight excluding hydrogens is 166 g/mol. The monoisotopic (exact) mass is 183 g/mol. The summed E-state index contributed by atoms with van der Waals surface area (Å²) in [6.45, 7) is 5.13.